The molecule has 0 aromatic heterocycles. The van der Waals surface area contributed by atoms with E-state index in [1.54, 1.807) is 0 Å². The zero-order valence-electron chi connectivity index (χ0n) is 13.1. The quantitative estimate of drug-likeness (QED) is 0.786. The van der Waals surface area contributed by atoms with E-state index < -0.39 is 0 Å². The molecule has 1 rings (SSSR count). The van der Waals surface area contributed by atoms with Gasteiger partial charge >= 0.3 is 0 Å². The number of nitrogens with two attached hydrogens (primary N) is 1. The smallest absolute Gasteiger partial charge is 0.00194 e. The molecule has 0 saturated carbocycles. The molecular weight excluding hydrogens is 222 g/mol. The van der Waals surface area contributed by atoms with E-state index in [2.05, 4.69) is 44.7 Å². The van der Waals surface area contributed by atoms with Crippen molar-refractivity contribution in [3.05, 3.63) is 0 Å². The van der Waals surface area contributed by atoms with Gasteiger partial charge in [0.05, 0.1) is 0 Å². The van der Waals surface area contributed by atoms with E-state index in [4.69, 9.17) is 5.73 Å². The Labute approximate surface area is 114 Å². The Hall–Kier alpha value is -0.120. The predicted molar refractivity (Wildman–Crippen MR) is 79.7 cm³/mol. The number of likely N-dealkylation sites (tertiary alicyclic amines) is 1. The second kappa shape index (κ2) is 6.88. The highest BCUT2D eigenvalue weighted by molar-refractivity contribution is 4.77. The summed E-state index contributed by atoms with van der Waals surface area (Å²) in [6, 6.07) is 0. The van der Waals surface area contributed by atoms with Crippen LogP contribution in [-0.2, 0) is 0 Å². The van der Waals surface area contributed by atoms with Gasteiger partial charge in [-0.1, -0.05) is 20.8 Å². The van der Waals surface area contributed by atoms with Crippen molar-refractivity contribution in [1.82, 2.24) is 9.80 Å². The first kappa shape index (κ1) is 15.9. The lowest BCUT2D eigenvalue weighted by Crippen LogP contribution is -2.35. The molecule has 1 fully saturated rings. The predicted octanol–water partition coefficient (Wildman–Crippen LogP) is 1.88. The average Bonchev–Trinajstić information content (AvgIpc) is 2.60. The van der Waals surface area contributed by atoms with E-state index in [-0.39, 0.29) is 0 Å². The van der Waals surface area contributed by atoms with Gasteiger partial charge in [-0.05, 0) is 57.3 Å². The van der Waals surface area contributed by atoms with Crippen LogP contribution >= 0.6 is 0 Å². The van der Waals surface area contributed by atoms with Crippen molar-refractivity contribution in [1.29, 1.82) is 0 Å². The first-order valence-corrected chi connectivity index (χ1v) is 7.37. The zero-order chi connectivity index (χ0) is 13.8. The molecule has 2 atom stereocenters. The fourth-order valence-corrected chi connectivity index (χ4v) is 3.22. The van der Waals surface area contributed by atoms with Gasteiger partial charge in [0.25, 0.3) is 0 Å². The number of hydrogen-bond donors (Lipinski definition) is 1. The Morgan fingerprint density at radius 2 is 2.06 bits per heavy atom. The third kappa shape index (κ3) is 6.17. The molecule has 3 nitrogen and oxygen atoms in total. The summed E-state index contributed by atoms with van der Waals surface area (Å²) in [6.45, 7) is 12.6. The lowest BCUT2D eigenvalue weighted by molar-refractivity contribution is 0.201. The van der Waals surface area contributed by atoms with Crippen molar-refractivity contribution in [3.8, 4) is 0 Å². The SMILES string of the molecule is CN1CCC(CN(C)CC(CN)CC(C)(C)C)C1. The number of hydrogen-bond acceptors (Lipinski definition) is 3. The molecule has 108 valence electrons. The van der Waals surface area contributed by atoms with Gasteiger partial charge in [0.2, 0.25) is 0 Å². The van der Waals surface area contributed by atoms with Crippen molar-refractivity contribution in [2.24, 2.45) is 23.0 Å². The van der Waals surface area contributed by atoms with Crippen molar-refractivity contribution in [2.45, 2.75) is 33.6 Å². The Kier molecular flexibility index (Phi) is 6.09. The van der Waals surface area contributed by atoms with E-state index in [0.717, 1.165) is 19.0 Å². The Morgan fingerprint density at radius 3 is 2.50 bits per heavy atom. The van der Waals surface area contributed by atoms with Crippen LogP contribution in [0.2, 0.25) is 0 Å². The number of rotatable bonds is 6. The maximum atomic E-state index is 5.92. The first-order valence-electron chi connectivity index (χ1n) is 7.37. The zero-order valence-corrected chi connectivity index (χ0v) is 13.1. The van der Waals surface area contributed by atoms with Gasteiger partial charge in [-0.2, -0.15) is 0 Å². The van der Waals surface area contributed by atoms with Gasteiger partial charge in [0.1, 0.15) is 0 Å². The van der Waals surface area contributed by atoms with Crippen LogP contribution in [0.5, 0.6) is 0 Å². The molecule has 1 aliphatic heterocycles. The minimum absolute atomic E-state index is 0.387. The van der Waals surface area contributed by atoms with Crippen molar-refractivity contribution in [3.63, 3.8) is 0 Å². The second-order valence-electron chi connectivity index (χ2n) is 7.50. The largest absolute Gasteiger partial charge is 0.330 e. The molecule has 1 heterocycles. The molecule has 2 N–H and O–H groups in total. The van der Waals surface area contributed by atoms with Crippen LogP contribution in [0.3, 0.4) is 0 Å². The molecule has 0 bridgehead atoms. The highest BCUT2D eigenvalue weighted by atomic mass is 15.1. The van der Waals surface area contributed by atoms with E-state index in [9.17, 15) is 0 Å². The van der Waals surface area contributed by atoms with Gasteiger partial charge in [-0.3, -0.25) is 0 Å². The van der Waals surface area contributed by atoms with Gasteiger partial charge in [-0.25, -0.2) is 0 Å². The van der Waals surface area contributed by atoms with Crippen molar-refractivity contribution >= 4 is 0 Å². The Balaban J connectivity index is 2.30. The van der Waals surface area contributed by atoms with E-state index >= 15 is 0 Å². The van der Waals surface area contributed by atoms with Crippen LogP contribution in [0.15, 0.2) is 0 Å². The summed E-state index contributed by atoms with van der Waals surface area (Å²) in [5, 5.41) is 0. The molecule has 2 unspecified atom stereocenters. The molecule has 1 saturated heterocycles. The molecule has 0 radical (unpaired) electrons. The van der Waals surface area contributed by atoms with E-state index in [1.165, 1.54) is 32.5 Å². The number of nitrogens with zero attached hydrogens (tertiary/aromatic N) is 2. The first-order chi connectivity index (χ1) is 8.30. The third-order valence-corrected chi connectivity index (χ3v) is 3.86. The Morgan fingerprint density at radius 1 is 1.39 bits per heavy atom. The summed E-state index contributed by atoms with van der Waals surface area (Å²) in [4.78, 5) is 4.93. The minimum Gasteiger partial charge on any atom is -0.330 e. The summed E-state index contributed by atoms with van der Waals surface area (Å²) >= 11 is 0. The fraction of sp³-hybridized carbons (Fsp3) is 1.00. The normalized spacial score (nSPS) is 23.8. The summed E-state index contributed by atoms with van der Waals surface area (Å²) in [7, 11) is 4.48. The van der Waals surface area contributed by atoms with Crippen molar-refractivity contribution < 1.29 is 0 Å². The highest BCUT2D eigenvalue weighted by Crippen LogP contribution is 2.24. The minimum atomic E-state index is 0.387. The maximum Gasteiger partial charge on any atom is 0.00194 e. The topological polar surface area (TPSA) is 32.5 Å². The van der Waals surface area contributed by atoms with E-state index in [0.29, 0.717) is 11.3 Å². The monoisotopic (exact) mass is 255 g/mol. The third-order valence-electron chi connectivity index (χ3n) is 3.86. The molecule has 1 aliphatic rings. The van der Waals surface area contributed by atoms with Gasteiger partial charge in [0, 0.05) is 19.6 Å². The molecular formula is C15H33N3. The maximum absolute atomic E-state index is 5.92. The lowest BCUT2D eigenvalue weighted by Gasteiger charge is -2.29. The highest BCUT2D eigenvalue weighted by Gasteiger charge is 2.23. The summed E-state index contributed by atoms with van der Waals surface area (Å²) < 4.78 is 0. The molecule has 0 aliphatic carbocycles. The van der Waals surface area contributed by atoms with Crippen LogP contribution in [-0.4, -0.2) is 56.6 Å². The molecule has 0 spiro atoms. The molecule has 0 amide bonds. The van der Waals surface area contributed by atoms with Crippen LogP contribution in [0.1, 0.15) is 33.6 Å². The second-order valence-corrected chi connectivity index (χ2v) is 7.50. The molecule has 18 heavy (non-hydrogen) atoms. The molecule has 0 aromatic rings. The van der Waals surface area contributed by atoms with Crippen LogP contribution in [0.4, 0.5) is 0 Å². The van der Waals surface area contributed by atoms with Gasteiger partial charge < -0.3 is 15.5 Å². The van der Waals surface area contributed by atoms with Crippen LogP contribution in [0, 0.1) is 17.3 Å². The average molecular weight is 255 g/mol. The van der Waals surface area contributed by atoms with Gasteiger partial charge in [0.15, 0.2) is 0 Å². The van der Waals surface area contributed by atoms with Crippen LogP contribution < -0.4 is 5.73 Å². The summed E-state index contributed by atoms with van der Waals surface area (Å²) in [5.41, 5.74) is 6.31. The lowest BCUT2D eigenvalue weighted by atomic mass is 9.84. The van der Waals surface area contributed by atoms with Crippen molar-refractivity contribution in [2.75, 3.05) is 46.8 Å². The summed E-state index contributed by atoms with van der Waals surface area (Å²) in [5.74, 6) is 1.49. The summed E-state index contributed by atoms with van der Waals surface area (Å²) in [6.07, 6.45) is 2.58. The van der Waals surface area contributed by atoms with E-state index in [1.807, 2.05) is 0 Å². The molecule has 0 aromatic carbocycles. The van der Waals surface area contributed by atoms with Crippen LogP contribution in [0.25, 0.3) is 0 Å². The molecule has 3 heteroatoms. The van der Waals surface area contributed by atoms with Gasteiger partial charge in [-0.15, -0.1) is 0 Å². The Bertz CT molecular complexity index is 234. The standard InChI is InChI=1S/C15H33N3/c1-15(2,3)8-14(9-16)12-18(5)11-13-6-7-17(4)10-13/h13-14H,6-12,16H2,1-5H3. The fourth-order valence-electron chi connectivity index (χ4n) is 3.22.